The maximum Gasteiger partial charge on any atom is 0.119 e. The molecule has 4 heteroatoms. The number of ether oxygens (including phenoxy) is 1. The van der Waals surface area contributed by atoms with E-state index in [0.717, 1.165) is 10.6 Å². The molecule has 14 heavy (non-hydrogen) atoms. The zero-order chi connectivity index (χ0) is 10.6. The Morgan fingerprint density at radius 2 is 2.29 bits per heavy atom. The van der Waals surface area contributed by atoms with Gasteiger partial charge in [0.2, 0.25) is 0 Å². The molecule has 3 N–H and O–H groups in total. The molecule has 0 heterocycles. The molecule has 0 saturated heterocycles. The fraction of sp³-hybridized carbons (Fsp3) is 0.300. The van der Waals surface area contributed by atoms with Crippen molar-refractivity contribution in [3.63, 3.8) is 0 Å². The van der Waals surface area contributed by atoms with Crippen molar-refractivity contribution in [2.24, 2.45) is 5.73 Å². The topological polar surface area (TPSA) is 59.1 Å². The first kappa shape index (κ1) is 10.9. The van der Waals surface area contributed by atoms with Crippen LogP contribution in [0.15, 0.2) is 29.2 Å². The summed E-state index contributed by atoms with van der Waals surface area (Å²) in [5, 5.41) is 7.28. The largest absolute Gasteiger partial charge is 0.497 e. The number of nitrogens with one attached hydrogen (secondary N) is 1. The van der Waals surface area contributed by atoms with Crippen molar-refractivity contribution in [3.8, 4) is 5.75 Å². The van der Waals surface area contributed by atoms with Gasteiger partial charge in [0.1, 0.15) is 11.6 Å². The van der Waals surface area contributed by atoms with E-state index in [1.807, 2.05) is 31.2 Å². The maximum atomic E-state index is 7.27. The zero-order valence-electron chi connectivity index (χ0n) is 8.28. The quantitative estimate of drug-likeness (QED) is 0.454. The van der Waals surface area contributed by atoms with Gasteiger partial charge in [-0.05, 0) is 25.1 Å². The van der Waals surface area contributed by atoms with Crippen molar-refractivity contribution in [1.29, 1.82) is 5.41 Å². The fourth-order valence-corrected chi connectivity index (χ4v) is 1.82. The van der Waals surface area contributed by atoms with Gasteiger partial charge in [0.05, 0.1) is 12.4 Å². The molecule has 0 amide bonds. The molecule has 0 fully saturated rings. The van der Waals surface area contributed by atoms with E-state index in [1.165, 1.54) is 0 Å². The minimum absolute atomic E-state index is 0.00195. The number of hydrogen-bond acceptors (Lipinski definition) is 3. The van der Waals surface area contributed by atoms with Crippen LogP contribution in [-0.2, 0) is 0 Å². The van der Waals surface area contributed by atoms with Crippen LogP contribution in [0.5, 0.6) is 5.75 Å². The number of benzene rings is 1. The summed E-state index contributed by atoms with van der Waals surface area (Å²) >= 11 is 1.55. The molecule has 0 bridgehead atoms. The summed E-state index contributed by atoms with van der Waals surface area (Å²) in [4.78, 5) is 1.06. The van der Waals surface area contributed by atoms with E-state index >= 15 is 0 Å². The molecule has 1 rings (SSSR count). The second-order valence-corrected chi connectivity index (χ2v) is 4.31. The third-order valence-electron chi connectivity index (χ3n) is 1.79. The lowest BCUT2D eigenvalue weighted by atomic mass is 10.3. The van der Waals surface area contributed by atoms with E-state index in [2.05, 4.69) is 0 Å². The molecule has 0 spiro atoms. The highest BCUT2D eigenvalue weighted by molar-refractivity contribution is 8.00. The van der Waals surface area contributed by atoms with Gasteiger partial charge in [0, 0.05) is 4.90 Å². The molecule has 0 saturated carbocycles. The predicted molar refractivity (Wildman–Crippen MR) is 60.2 cm³/mol. The van der Waals surface area contributed by atoms with Crippen LogP contribution >= 0.6 is 11.8 Å². The van der Waals surface area contributed by atoms with Crippen molar-refractivity contribution in [2.45, 2.75) is 17.1 Å². The molecule has 1 atom stereocenters. The summed E-state index contributed by atoms with van der Waals surface area (Å²) in [6, 6.07) is 7.73. The van der Waals surface area contributed by atoms with Crippen molar-refractivity contribution >= 4 is 17.6 Å². The second kappa shape index (κ2) is 4.91. The maximum absolute atomic E-state index is 7.27. The van der Waals surface area contributed by atoms with Crippen molar-refractivity contribution < 1.29 is 4.74 Å². The third kappa shape index (κ3) is 2.96. The highest BCUT2D eigenvalue weighted by atomic mass is 32.2. The van der Waals surface area contributed by atoms with Gasteiger partial charge in [-0.1, -0.05) is 6.07 Å². The van der Waals surface area contributed by atoms with E-state index in [-0.39, 0.29) is 11.1 Å². The van der Waals surface area contributed by atoms with E-state index in [1.54, 1.807) is 18.9 Å². The average Bonchev–Trinajstić information content (AvgIpc) is 2.18. The Labute approximate surface area is 88.2 Å². The Balaban J connectivity index is 2.71. The van der Waals surface area contributed by atoms with E-state index in [4.69, 9.17) is 15.9 Å². The van der Waals surface area contributed by atoms with Crippen LogP contribution < -0.4 is 10.5 Å². The second-order valence-electron chi connectivity index (χ2n) is 2.89. The lowest BCUT2D eigenvalue weighted by Gasteiger charge is -2.09. The van der Waals surface area contributed by atoms with Crippen molar-refractivity contribution in [3.05, 3.63) is 24.3 Å². The van der Waals surface area contributed by atoms with Gasteiger partial charge in [0.15, 0.2) is 0 Å². The van der Waals surface area contributed by atoms with Crippen molar-refractivity contribution in [2.75, 3.05) is 7.11 Å². The monoisotopic (exact) mass is 210 g/mol. The molecule has 1 aromatic rings. The summed E-state index contributed by atoms with van der Waals surface area (Å²) < 4.78 is 5.10. The van der Waals surface area contributed by atoms with E-state index in [0.29, 0.717) is 0 Å². The molecule has 1 unspecified atom stereocenters. The summed E-state index contributed by atoms with van der Waals surface area (Å²) in [7, 11) is 1.64. The third-order valence-corrected chi connectivity index (χ3v) is 2.93. The van der Waals surface area contributed by atoms with Gasteiger partial charge in [0.25, 0.3) is 0 Å². The molecule has 76 valence electrons. The number of rotatable bonds is 4. The highest BCUT2D eigenvalue weighted by Crippen LogP contribution is 2.26. The Morgan fingerprint density at radius 1 is 1.57 bits per heavy atom. The van der Waals surface area contributed by atoms with Gasteiger partial charge in [-0.2, -0.15) is 0 Å². The fourth-order valence-electron chi connectivity index (χ4n) is 0.942. The zero-order valence-corrected chi connectivity index (χ0v) is 9.10. The standard InChI is InChI=1S/C10H14N2OS/c1-7(10(11)12)14-9-5-3-4-8(6-9)13-2/h3-7H,1-2H3,(H3,11,12). The smallest absolute Gasteiger partial charge is 0.119 e. The number of thioether (sulfide) groups is 1. The number of nitrogens with two attached hydrogens (primary N) is 1. The molecule has 0 aromatic heterocycles. The highest BCUT2D eigenvalue weighted by Gasteiger charge is 2.07. The minimum Gasteiger partial charge on any atom is -0.497 e. The van der Waals surface area contributed by atoms with Gasteiger partial charge in [-0.25, -0.2) is 0 Å². The van der Waals surface area contributed by atoms with Crippen LogP contribution in [0.25, 0.3) is 0 Å². The minimum atomic E-state index is 0.00195. The molecular weight excluding hydrogens is 196 g/mol. The molecule has 0 aliphatic heterocycles. The lowest BCUT2D eigenvalue weighted by molar-refractivity contribution is 0.413. The summed E-state index contributed by atoms with van der Waals surface area (Å²) in [5.74, 6) is 1.02. The Kier molecular flexibility index (Phi) is 3.83. The van der Waals surface area contributed by atoms with Crippen LogP contribution in [-0.4, -0.2) is 18.2 Å². The summed E-state index contributed by atoms with van der Waals surface area (Å²) in [6.45, 7) is 1.91. The Hall–Kier alpha value is -1.16. The molecule has 0 radical (unpaired) electrons. The molecule has 3 nitrogen and oxygen atoms in total. The number of hydrogen-bond donors (Lipinski definition) is 2. The van der Waals surface area contributed by atoms with Crippen LogP contribution in [0.3, 0.4) is 0 Å². The first-order chi connectivity index (χ1) is 6.63. The van der Waals surface area contributed by atoms with Crippen LogP contribution in [0.2, 0.25) is 0 Å². The normalized spacial score (nSPS) is 12.1. The number of methoxy groups -OCH3 is 1. The van der Waals surface area contributed by atoms with Crippen LogP contribution in [0, 0.1) is 5.41 Å². The Bertz CT molecular complexity index is 328. The molecular formula is C10H14N2OS. The predicted octanol–water partition coefficient (Wildman–Crippen LogP) is 2.11. The van der Waals surface area contributed by atoms with Gasteiger partial charge in [-0.15, -0.1) is 11.8 Å². The van der Waals surface area contributed by atoms with E-state index in [9.17, 15) is 0 Å². The van der Waals surface area contributed by atoms with E-state index < -0.39 is 0 Å². The van der Waals surface area contributed by atoms with Gasteiger partial charge in [-0.3, -0.25) is 5.41 Å². The SMILES string of the molecule is COc1cccc(SC(C)C(=N)N)c1. The van der Waals surface area contributed by atoms with Crippen LogP contribution in [0.1, 0.15) is 6.92 Å². The first-order valence-corrected chi connectivity index (χ1v) is 5.16. The Morgan fingerprint density at radius 3 is 2.86 bits per heavy atom. The summed E-state index contributed by atoms with van der Waals surface area (Å²) in [6.07, 6.45) is 0. The van der Waals surface area contributed by atoms with Crippen LogP contribution in [0.4, 0.5) is 0 Å². The lowest BCUT2D eigenvalue weighted by Crippen LogP contribution is -2.21. The van der Waals surface area contributed by atoms with Gasteiger partial charge < -0.3 is 10.5 Å². The first-order valence-electron chi connectivity index (χ1n) is 4.28. The summed E-state index contributed by atoms with van der Waals surface area (Å²) in [5.41, 5.74) is 5.39. The number of amidine groups is 1. The van der Waals surface area contributed by atoms with Gasteiger partial charge >= 0.3 is 0 Å². The molecule has 1 aromatic carbocycles. The molecule has 0 aliphatic rings. The molecule has 0 aliphatic carbocycles. The average molecular weight is 210 g/mol. The van der Waals surface area contributed by atoms with Crippen molar-refractivity contribution in [1.82, 2.24) is 0 Å².